The summed E-state index contributed by atoms with van der Waals surface area (Å²) in [5.41, 5.74) is 4.11. The molecule has 5 nitrogen and oxygen atoms in total. The van der Waals surface area contributed by atoms with Gasteiger partial charge in [-0.15, -0.1) is 0 Å². The lowest BCUT2D eigenvalue weighted by Gasteiger charge is -2.26. The molecule has 1 fully saturated rings. The van der Waals surface area contributed by atoms with E-state index in [1.807, 2.05) is 43.3 Å². The smallest absolute Gasteiger partial charge is 0.216 e. The van der Waals surface area contributed by atoms with Gasteiger partial charge in [-0.3, -0.25) is 4.90 Å². The monoisotopic (exact) mass is 374 g/mol. The molecule has 0 spiro atoms. The van der Waals surface area contributed by atoms with Crippen LogP contribution in [0.2, 0.25) is 0 Å². The van der Waals surface area contributed by atoms with Gasteiger partial charge in [0.05, 0.1) is 19.0 Å². The minimum atomic E-state index is -3.35. The average molecular weight is 375 g/mol. The first kappa shape index (κ1) is 19.0. The van der Waals surface area contributed by atoms with Crippen LogP contribution in [0.3, 0.4) is 0 Å². The summed E-state index contributed by atoms with van der Waals surface area (Å²) >= 11 is 0. The fourth-order valence-corrected chi connectivity index (χ4v) is 4.05. The summed E-state index contributed by atoms with van der Waals surface area (Å²) in [7, 11) is -3.35. The molecule has 26 heavy (non-hydrogen) atoms. The molecule has 0 radical (unpaired) electrons. The minimum Gasteiger partial charge on any atom is -0.379 e. The number of hydrogen-bond acceptors (Lipinski definition) is 4. The number of ether oxygens (including phenoxy) is 1. The van der Waals surface area contributed by atoms with Gasteiger partial charge in [0.25, 0.3) is 0 Å². The van der Waals surface area contributed by atoms with E-state index in [9.17, 15) is 8.42 Å². The number of benzene rings is 2. The molecule has 0 bridgehead atoms. The van der Waals surface area contributed by atoms with Crippen molar-refractivity contribution in [1.29, 1.82) is 0 Å². The molecule has 1 N–H and O–H groups in total. The quantitative estimate of drug-likeness (QED) is 0.809. The van der Waals surface area contributed by atoms with Crippen molar-refractivity contribution in [3.05, 3.63) is 70.8 Å². The highest BCUT2D eigenvalue weighted by atomic mass is 32.2. The predicted octanol–water partition coefficient (Wildman–Crippen LogP) is 2.45. The van der Waals surface area contributed by atoms with E-state index in [0.29, 0.717) is 6.54 Å². The zero-order chi connectivity index (χ0) is 18.4. The maximum absolute atomic E-state index is 12.3. The molecule has 0 aromatic heterocycles. The van der Waals surface area contributed by atoms with Crippen LogP contribution in [0.1, 0.15) is 22.3 Å². The normalized spacial score (nSPS) is 15.9. The number of rotatable bonds is 7. The van der Waals surface area contributed by atoms with Crippen molar-refractivity contribution in [3.8, 4) is 0 Å². The van der Waals surface area contributed by atoms with Gasteiger partial charge in [-0.25, -0.2) is 13.1 Å². The molecule has 1 aliphatic heterocycles. The minimum absolute atomic E-state index is 0.00238. The highest BCUT2D eigenvalue weighted by Crippen LogP contribution is 2.11. The maximum Gasteiger partial charge on any atom is 0.216 e. The second-order valence-corrected chi connectivity index (χ2v) is 8.58. The molecule has 1 heterocycles. The summed E-state index contributed by atoms with van der Waals surface area (Å²) in [5.74, 6) is 0.00238. The van der Waals surface area contributed by atoms with Crippen molar-refractivity contribution in [2.45, 2.75) is 25.8 Å². The van der Waals surface area contributed by atoms with E-state index in [4.69, 9.17) is 4.74 Å². The van der Waals surface area contributed by atoms with Crippen LogP contribution in [-0.2, 0) is 33.6 Å². The number of aryl methyl sites for hydroxylation is 1. The lowest BCUT2D eigenvalue weighted by molar-refractivity contribution is 0.0342. The predicted molar refractivity (Wildman–Crippen MR) is 103 cm³/mol. The van der Waals surface area contributed by atoms with Crippen LogP contribution in [0.25, 0.3) is 0 Å². The van der Waals surface area contributed by atoms with Gasteiger partial charge in [0.15, 0.2) is 0 Å². The van der Waals surface area contributed by atoms with E-state index >= 15 is 0 Å². The lowest BCUT2D eigenvalue weighted by Crippen LogP contribution is -2.35. The molecule has 0 saturated carbocycles. The summed E-state index contributed by atoms with van der Waals surface area (Å²) in [4.78, 5) is 2.36. The van der Waals surface area contributed by atoms with Crippen LogP contribution < -0.4 is 4.72 Å². The second-order valence-electron chi connectivity index (χ2n) is 6.77. The largest absolute Gasteiger partial charge is 0.379 e. The van der Waals surface area contributed by atoms with Gasteiger partial charge in [-0.05, 0) is 23.6 Å². The van der Waals surface area contributed by atoms with Gasteiger partial charge < -0.3 is 4.74 Å². The zero-order valence-electron chi connectivity index (χ0n) is 15.1. The summed E-state index contributed by atoms with van der Waals surface area (Å²) in [6.45, 7) is 6.71. The van der Waals surface area contributed by atoms with Crippen LogP contribution in [-0.4, -0.2) is 39.6 Å². The lowest BCUT2D eigenvalue weighted by atomic mass is 10.1. The van der Waals surface area contributed by atoms with E-state index in [1.165, 1.54) is 5.56 Å². The summed E-state index contributed by atoms with van der Waals surface area (Å²) < 4.78 is 32.6. The van der Waals surface area contributed by atoms with E-state index < -0.39 is 10.0 Å². The fraction of sp³-hybridized carbons (Fsp3) is 0.400. The number of hydrogen-bond donors (Lipinski definition) is 1. The molecule has 0 amide bonds. The zero-order valence-corrected chi connectivity index (χ0v) is 16.0. The molecule has 0 unspecified atom stereocenters. The maximum atomic E-state index is 12.3. The molecule has 2 aromatic carbocycles. The fourth-order valence-electron chi connectivity index (χ4n) is 2.93. The van der Waals surface area contributed by atoms with E-state index in [2.05, 4.69) is 21.8 Å². The average Bonchev–Trinajstić information content (AvgIpc) is 2.64. The summed E-state index contributed by atoms with van der Waals surface area (Å²) in [6.07, 6.45) is 0. The SMILES string of the molecule is Cc1ccc(CS(=O)(=O)NCc2ccc(CN3CCOCC3)cc2)cc1. The molecular formula is C20H26N2O3S. The van der Waals surface area contributed by atoms with Gasteiger partial charge in [0.2, 0.25) is 10.0 Å². The Morgan fingerprint density at radius 1 is 0.923 bits per heavy atom. The number of nitrogens with zero attached hydrogens (tertiary/aromatic N) is 1. The Hall–Kier alpha value is -1.73. The number of sulfonamides is 1. The van der Waals surface area contributed by atoms with Crippen molar-refractivity contribution < 1.29 is 13.2 Å². The third-order valence-corrected chi connectivity index (χ3v) is 5.80. The van der Waals surface area contributed by atoms with Gasteiger partial charge >= 0.3 is 0 Å². The second kappa shape index (κ2) is 8.77. The van der Waals surface area contributed by atoms with Gasteiger partial charge in [0, 0.05) is 26.2 Å². The first-order valence-electron chi connectivity index (χ1n) is 8.91. The highest BCUT2D eigenvalue weighted by molar-refractivity contribution is 7.88. The molecule has 1 aliphatic rings. The Balaban J connectivity index is 1.51. The molecule has 3 rings (SSSR count). The molecule has 140 valence electrons. The molecule has 6 heteroatoms. The van der Waals surface area contributed by atoms with Crippen molar-refractivity contribution in [3.63, 3.8) is 0 Å². The Morgan fingerprint density at radius 2 is 1.50 bits per heavy atom. The molecule has 2 aromatic rings. The Morgan fingerprint density at radius 3 is 2.15 bits per heavy atom. The molecular weight excluding hydrogens is 348 g/mol. The molecule has 1 saturated heterocycles. The van der Waals surface area contributed by atoms with Crippen molar-refractivity contribution in [1.82, 2.24) is 9.62 Å². The van der Waals surface area contributed by atoms with Crippen molar-refractivity contribution in [2.24, 2.45) is 0 Å². The first-order valence-corrected chi connectivity index (χ1v) is 10.6. The third-order valence-electron chi connectivity index (χ3n) is 4.51. The Labute approximate surface area is 156 Å². The standard InChI is InChI=1S/C20H26N2O3S/c1-17-2-4-20(5-3-17)16-26(23,24)21-14-18-6-8-19(9-7-18)15-22-10-12-25-13-11-22/h2-9,21H,10-16H2,1H3. The van der Waals surface area contributed by atoms with Gasteiger partial charge in [0.1, 0.15) is 0 Å². The van der Waals surface area contributed by atoms with Crippen molar-refractivity contribution >= 4 is 10.0 Å². The molecule has 0 aliphatic carbocycles. The topological polar surface area (TPSA) is 58.6 Å². The van der Waals surface area contributed by atoms with Crippen LogP contribution in [0.5, 0.6) is 0 Å². The van der Waals surface area contributed by atoms with E-state index in [1.54, 1.807) is 0 Å². The van der Waals surface area contributed by atoms with Gasteiger partial charge in [-0.2, -0.15) is 0 Å². The van der Waals surface area contributed by atoms with Gasteiger partial charge in [-0.1, -0.05) is 54.1 Å². The first-order chi connectivity index (χ1) is 12.5. The van der Waals surface area contributed by atoms with Crippen molar-refractivity contribution in [2.75, 3.05) is 26.3 Å². The van der Waals surface area contributed by atoms with Crippen LogP contribution in [0.15, 0.2) is 48.5 Å². The van der Waals surface area contributed by atoms with E-state index in [0.717, 1.165) is 49.5 Å². The molecule has 0 atom stereocenters. The van der Waals surface area contributed by atoms with Crippen LogP contribution >= 0.6 is 0 Å². The van der Waals surface area contributed by atoms with E-state index in [-0.39, 0.29) is 5.75 Å². The Kier molecular flexibility index (Phi) is 6.43. The van der Waals surface area contributed by atoms with Crippen LogP contribution in [0, 0.1) is 6.92 Å². The Bertz CT molecular complexity index is 796. The third kappa shape index (κ3) is 5.92. The number of morpholine rings is 1. The summed E-state index contributed by atoms with van der Waals surface area (Å²) in [5, 5.41) is 0. The highest BCUT2D eigenvalue weighted by Gasteiger charge is 2.12. The summed E-state index contributed by atoms with van der Waals surface area (Å²) in [6, 6.07) is 15.7. The van der Waals surface area contributed by atoms with Crippen LogP contribution in [0.4, 0.5) is 0 Å². The number of nitrogens with one attached hydrogen (secondary N) is 1.